The molecule has 2 rings (SSSR count). The van der Waals surface area contributed by atoms with E-state index >= 15 is 0 Å². The number of unbranched alkanes of at least 4 members (excludes halogenated alkanes) is 1. The van der Waals surface area contributed by atoms with Crippen LogP contribution in [-0.2, 0) is 10.0 Å². The van der Waals surface area contributed by atoms with Crippen LogP contribution in [-0.4, -0.2) is 69.2 Å². The second kappa shape index (κ2) is 7.20. The zero-order valence-electron chi connectivity index (χ0n) is 12.8. The summed E-state index contributed by atoms with van der Waals surface area (Å²) in [5, 5.41) is 3.43. The Morgan fingerprint density at radius 2 is 1.75 bits per heavy atom. The third-order valence-corrected chi connectivity index (χ3v) is 6.34. The second-order valence-electron chi connectivity index (χ2n) is 6.35. The lowest BCUT2D eigenvalue weighted by Crippen LogP contribution is -2.45. The normalized spacial score (nSPS) is 22.6. The summed E-state index contributed by atoms with van der Waals surface area (Å²) in [6.07, 6.45) is 6.22. The largest absolute Gasteiger partial charge is 0.314 e. The maximum atomic E-state index is 12.3. The number of sulfonamides is 1. The first-order valence-corrected chi connectivity index (χ1v) is 9.47. The zero-order valence-corrected chi connectivity index (χ0v) is 13.7. The smallest absolute Gasteiger partial charge is 0.214 e. The fraction of sp³-hybridized carbons (Fsp3) is 1.00. The van der Waals surface area contributed by atoms with Crippen LogP contribution in [0.25, 0.3) is 0 Å². The van der Waals surface area contributed by atoms with Gasteiger partial charge in [0.05, 0.1) is 5.75 Å². The van der Waals surface area contributed by atoms with Gasteiger partial charge in [-0.25, -0.2) is 12.7 Å². The van der Waals surface area contributed by atoms with Crippen molar-refractivity contribution in [2.75, 3.05) is 39.5 Å². The van der Waals surface area contributed by atoms with Crippen LogP contribution in [0.2, 0.25) is 0 Å². The van der Waals surface area contributed by atoms with Crippen LogP contribution in [0.5, 0.6) is 0 Å². The van der Waals surface area contributed by atoms with Crippen molar-refractivity contribution in [1.29, 1.82) is 0 Å². The Balaban J connectivity index is 1.64. The first-order valence-electron chi connectivity index (χ1n) is 7.86. The highest BCUT2D eigenvalue weighted by Gasteiger charge is 2.28. The summed E-state index contributed by atoms with van der Waals surface area (Å²) >= 11 is 0. The van der Waals surface area contributed by atoms with E-state index in [1.54, 1.807) is 4.31 Å². The van der Waals surface area contributed by atoms with E-state index in [0.29, 0.717) is 24.9 Å². The maximum absolute atomic E-state index is 12.3. The molecule has 1 aliphatic heterocycles. The van der Waals surface area contributed by atoms with Crippen molar-refractivity contribution in [3.8, 4) is 0 Å². The molecule has 0 aromatic rings. The summed E-state index contributed by atoms with van der Waals surface area (Å²) in [5.74, 6) is 0.311. The Bertz CT molecular complexity index is 385. The molecule has 6 heteroatoms. The van der Waals surface area contributed by atoms with Crippen molar-refractivity contribution < 1.29 is 8.42 Å². The predicted molar refractivity (Wildman–Crippen MR) is 82.3 cm³/mol. The molecule has 0 aromatic heterocycles. The van der Waals surface area contributed by atoms with Gasteiger partial charge < -0.3 is 10.2 Å². The number of piperidine rings is 1. The van der Waals surface area contributed by atoms with E-state index in [2.05, 4.69) is 24.3 Å². The SMILES string of the molecule is CN(C)C1CCN(S(=O)(=O)CCCCNC2CC2)CC1. The zero-order chi connectivity index (χ0) is 14.6. The molecule has 0 amide bonds. The lowest BCUT2D eigenvalue weighted by atomic mass is 10.1. The van der Waals surface area contributed by atoms with Crippen LogP contribution in [0, 0.1) is 0 Å². The van der Waals surface area contributed by atoms with E-state index in [4.69, 9.17) is 0 Å². The Kier molecular flexibility index (Phi) is 5.84. The minimum Gasteiger partial charge on any atom is -0.314 e. The molecule has 0 aromatic carbocycles. The van der Waals surface area contributed by atoms with Gasteiger partial charge in [0, 0.05) is 25.2 Å². The van der Waals surface area contributed by atoms with Gasteiger partial charge in [0.15, 0.2) is 0 Å². The van der Waals surface area contributed by atoms with Crippen molar-refractivity contribution in [2.45, 2.75) is 50.6 Å². The van der Waals surface area contributed by atoms with Crippen molar-refractivity contribution in [3.05, 3.63) is 0 Å². The minimum absolute atomic E-state index is 0.311. The van der Waals surface area contributed by atoms with Crippen molar-refractivity contribution in [1.82, 2.24) is 14.5 Å². The molecule has 0 atom stereocenters. The van der Waals surface area contributed by atoms with Gasteiger partial charge in [0.25, 0.3) is 0 Å². The number of hydrogen-bond donors (Lipinski definition) is 1. The molecule has 0 bridgehead atoms. The minimum atomic E-state index is -3.03. The third kappa shape index (κ3) is 4.98. The van der Waals surface area contributed by atoms with Crippen LogP contribution < -0.4 is 5.32 Å². The molecule has 0 spiro atoms. The average molecular weight is 303 g/mol. The summed E-state index contributed by atoms with van der Waals surface area (Å²) in [5.41, 5.74) is 0. The monoisotopic (exact) mass is 303 g/mol. The summed E-state index contributed by atoms with van der Waals surface area (Å²) in [4.78, 5) is 2.20. The van der Waals surface area contributed by atoms with Gasteiger partial charge in [-0.2, -0.15) is 0 Å². The molecule has 1 N–H and O–H groups in total. The van der Waals surface area contributed by atoms with Crippen LogP contribution in [0.4, 0.5) is 0 Å². The lowest BCUT2D eigenvalue weighted by Gasteiger charge is -2.34. The molecule has 1 heterocycles. The van der Waals surface area contributed by atoms with Crippen molar-refractivity contribution >= 4 is 10.0 Å². The summed E-state index contributed by atoms with van der Waals surface area (Å²) in [6, 6.07) is 1.25. The predicted octanol–water partition coefficient (Wildman–Crippen LogP) is 0.874. The molecular formula is C14H29N3O2S. The van der Waals surface area contributed by atoms with Gasteiger partial charge in [0.2, 0.25) is 10.0 Å². The third-order valence-electron chi connectivity index (χ3n) is 4.39. The Hall–Kier alpha value is -0.170. The molecular weight excluding hydrogens is 274 g/mol. The highest BCUT2D eigenvalue weighted by Crippen LogP contribution is 2.19. The topological polar surface area (TPSA) is 52.7 Å². The van der Waals surface area contributed by atoms with Crippen LogP contribution >= 0.6 is 0 Å². The van der Waals surface area contributed by atoms with E-state index in [9.17, 15) is 8.42 Å². The van der Waals surface area contributed by atoms with E-state index in [1.165, 1.54) is 12.8 Å². The van der Waals surface area contributed by atoms with Gasteiger partial charge in [-0.3, -0.25) is 0 Å². The Morgan fingerprint density at radius 3 is 2.30 bits per heavy atom. The molecule has 1 aliphatic carbocycles. The van der Waals surface area contributed by atoms with Crippen molar-refractivity contribution in [3.63, 3.8) is 0 Å². The summed E-state index contributed by atoms with van der Waals surface area (Å²) < 4.78 is 26.2. The number of nitrogens with one attached hydrogen (secondary N) is 1. The highest BCUT2D eigenvalue weighted by atomic mass is 32.2. The lowest BCUT2D eigenvalue weighted by molar-refractivity contribution is 0.196. The van der Waals surface area contributed by atoms with Gasteiger partial charge in [-0.1, -0.05) is 0 Å². The van der Waals surface area contributed by atoms with E-state index < -0.39 is 10.0 Å². The van der Waals surface area contributed by atoms with E-state index in [0.717, 1.165) is 38.3 Å². The molecule has 2 fully saturated rings. The molecule has 118 valence electrons. The Morgan fingerprint density at radius 1 is 1.10 bits per heavy atom. The standard InChI is InChI=1S/C14H29N3O2S/c1-16(2)14-7-10-17(11-8-14)20(18,19)12-4-3-9-15-13-5-6-13/h13-15H,3-12H2,1-2H3. The summed E-state index contributed by atoms with van der Waals surface area (Å²) in [7, 11) is 1.11. The fourth-order valence-electron chi connectivity index (χ4n) is 2.77. The van der Waals surface area contributed by atoms with Crippen LogP contribution in [0.15, 0.2) is 0 Å². The first kappa shape index (κ1) is 16.2. The molecule has 1 saturated heterocycles. The van der Waals surface area contributed by atoms with E-state index in [-0.39, 0.29) is 0 Å². The maximum Gasteiger partial charge on any atom is 0.214 e. The molecule has 1 saturated carbocycles. The van der Waals surface area contributed by atoms with Gasteiger partial charge in [0.1, 0.15) is 0 Å². The molecule has 20 heavy (non-hydrogen) atoms. The molecule has 2 aliphatic rings. The molecule has 0 unspecified atom stereocenters. The second-order valence-corrected chi connectivity index (χ2v) is 8.43. The van der Waals surface area contributed by atoms with Crippen molar-refractivity contribution in [2.24, 2.45) is 0 Å². The quantitative estimate of drug-likeness (QED) is 0.676. The fourth-order valence-corrected chi connectivity index (χ4v) is 4.36. The van der Waals surface area contributed by atoms with Gasteiger partial charge >= 0.3 is 0 Å². The average Bonchev–Trinajstić information content (AvgIpc) is 3.22. The van der Waals surface area contributed by atoms with E-state index in [1.807, 2.05) is 0 Å². The summed E-state index contributed by atoms with van der Waals surface area (Å²) in [6.45, 7) is 2.33. The Labute approximate surface area is 123 Å². The highest BCUT2D eigenvalue weighted by molar-refractivity contribution is 7.89. The number of nitrogens with zero attached hydrogens (tertiary/aromatic N) is 2. The molecule has 5 nitrogen and oxygen atoms in total. The number of hydrogen-bond acceptors (Lipinski definition) is 4. The van der Waals surface area contributed by atoms with Crippen LogP contribution in [0.3, 0.4) is 0 Å². The molecule has 0 radical (unpaired) electrons. The number of rotatable bonds is 8. The van der Waals surface area contributed by atoms with Gasteiger partial charge in [-0.05, 0) is 59.2 Å². The van der Waals surface area contributed by atoms with Gasteiger partial charge in [-0.15, -0.1) is 0 Å². The first-order chi connectivity index (χ1) is 9.49. The van der Waals surface area contributed by atoms with Crippen LogP contribution in [0.1, 0.15) is 38.5 Å².